The maximum Gasteiger partial charge on any atom is 0.252 e. The van der Waals surface area contributed by atoms with Crippen molar-refractivity contribution in [3.05, 3.63) is 102 Å². The Bertz CT molecular complexity index is 1380. The molecule has 1 aliphatic heterocycles. The van der Waals surface area contributed by atoms with E-state index < -0.39 is 36.6 Å². The van der Waals surface area contributed by atoms with E-state index in [0.717, 1.165) is 28.3 Å². The Kier molecular flexibility index (Phi) is 9.59. The second kappa shape index (κ2) is 13.7. The summed E-state index contributed by atoms with van der Waals surface area (Å²) in [5.74, 6) is -0.695. The molecule has 5 atom stereocenters. The van der Waals surface area contributed by atoms with E-state index in [-0.39, 0.29) is 6.54 Å². The largest absolute Gasteiger partial charge is 0.387 e. The maximum absolute atomic E-state index is 12.4. The van der Waals surface area contributed by atoms with Crippen LogP contribution in [-0.4, -0.2) is 93.4 Å². The van der Waals surface area contributed by atoms with Crippen molar-refractivity contribution in [2.45, 2.75) is 56.8 Å². The molecule has 13 heteroatoms. The van der Waals surface area contributed by atoms with E-state index in [4.69, 9.17) is 4.74 Å². The standard InChI is InChI=1S/C29H33N7O6/c37-24-25(38)27(42-29(41)26(24)39)28(40)32-14-11-19-7-9-23(10-8-19)36-18-22(33-34-36)17-35(15-20-5-1-3-12-30-20)16-21-6-2-4-13-31-21/h1-10,12-13,18,24-27,29,37-39,41H,11,14-17H2,(H,32,40)/t24-,25+,26+,27-,29-/m0/s1. The van der Waals surface area contributed by atoms with E-state index in [1.807, 2.05) is 66.9 Å². The Morgan fingerprint density at radius 3 is 2.10 bits per heavy atom. The number of nitrogens with zero attached hydrogens (tertiary/aromatic N) is 6. The van der Waals surface area contributed by atoms with Crippen LogP contribution in [0.15, 0.2) is 79.3 Å². The van der Waals surface area contributed by atoms with Crippen LogP contribution in [0.4, 0.5) is 0 Å². The summed E-state index contributed by atoms with van der Waals surface area (Å²) >= 11 is 0. The first-order valence-corrected chi connectivity index (χ1v) is 13.6. The highest BCUT2D eigenvalue weighted by molar-refractivity contribution is 5.81. The average Bonchev–Trinajstić information content (AvgIpc) is 3.47. The minimum atomic E-state index is -1.77. The molecular weight excluding hydrogens is 542 g/mol. The molecule has 1 aromatic carbocycles. The van der Waals surface area contributed by atoms with Gasteiger partial charge in [-0.1, -0.05) is 29.5 Å². The lowest BCUT2D eigenvalue weighted by atomic mass is 9.98. The second-order valence-electron chi connectivity index (χ2n) is 10.1. The summed E-state index contributed by atoms with van der Waals surface area (Å²) in [5, 5.41) is 50.3. The van der Waals surface area contributed by atoms with Crippen molar-refractivity contribution in [3.8, 4) is 5.69 Å². The lowest BCUT2D eigenvalue weighted by Crippen LogP contribution is -2.61. The predicted octanol–water partition coefficient (Wildman–Crippen LogP) is -0.282. The molecule has 42 heavy (non-hydrogen) atoms. The number of carbonyl (C=O) groups is 1. The molecule has 0 bridgehead atoms. The first-order valence-electron chi connectivity index (χ1n) is 13.6. The first kappa shape index (κ1) is 29.4. The summed E-state index contributed by atoms with van der Waals surface area (Å²) in [6.45, 7) is 2.04. The van der Waals surface area contributed by atoms with Crippen LogP contribution in [0.3, 0.4) is 0 Å². The zero-order chi connectivity index (χ0) is 29.5. The number of benzene rings is 1. The number of aliphatic hydroxyl groups excluding tert-OH is 4. The van der Waals surface area contributed by atoms with Gasteiger partial charge in [-0.15, -0.1) is 5.10 Å². The molecule has 1 fully saturated rings. The summed E-state index contributed by atoms with van der Waals surface area (Å²) in [7, 11) is 0. The van der Waals surface area contributed by atoms with Gasteiger partial charge in [0.2, 0.25) is 0 Å². The summed E-state index contributed by atoms with van der Waals surface area (Å²) in [6, 6.07) is 19.3. The van der Waals surface area contributed by atoms with Gasteiger partial charge in [0, 0.05) is 38.6 Å². The van der Waals surface area contributed by atoms with Gasteiger partial charge >= 0.3 is 0 Å². The van der Waals surface area contributed by atoms with Gasteiger partial charge in [0.1, 0.15) is 18.3 Å². The smallest absolute Gasteiger partial charge is 0.252 e. The molecular formula is C29H33N7O6. The van der Waals surface area contributed by atoms with Crippen LogP contribution in [0.2, 0.25) is 0 Å². The van der Waals surface area contributed by atoms with Gasteiger partial charge in [-0.3, -0.25) is 19.7 Å². The molecule has 0 radical (unpaired) electrons. The van der Waals surface area contributed by atoms with Crippen molar-refractivity contribution in [2.24, 2.45) is 0 Å². The topological polar surface area (TPSA) is 179 Å². The Morgan fingerprint density at radius 2 is 1.48 bits per heavy atom. The van der Waals surface area contributed by atoms with E-state index in [1.165, 1.54) is 0 Å². The molecule has 3 aromatic heterocycles. The lowest BCUT2D eigenvalue weighted by molar-refractivity contribution is -0.275. The zero-order valence-corrected chi connectivity index (χ0v) is 22.7. The third-order valence-corrected chi connectivity index (χ3v) is 6.91. The molecule has 13 nitrogen and oxygen atoms in total. The predicted molar refractivity (Wildman–Crippen MR) is 148 cm³/mol. The number of ether oxygens (including phenoxy) is 1. The van der Waals surface area contributed by atoms with Crippen molar-refractivity contribution >= 4 is 5.91 Å². The number of carbonyl (C=O) groups excluding carboxylic acids is 1. The maximum atomic E-state index is 12.4. The molecule has 4 aromatic rings. The SMILES string of the molecule is O=C(NCCc1ccc(-n2cc(CN(Cc3ccccn3)Cc3ccccn3)nn2)cc1)[C@H]1O[C@H](O)[C@H](O)[C@@H](O)[C@H]1O. The summed E-state index contributed by atoms with van der Waals surface area (Å²) in [5.41, 5.74) is 4.45. The molecule has 5 N–H and O–H groups in total. The molecule has 0 aliphatic carbocycles. The molecule has 220 valence electrons. The fourth-order valence-corrected chi connectivity index (χ4v) is 4.66. The normalized spacial score (nSPS) is 22.3. The minimum Gasteiger partial charge on any atom is -0.387 e. The molecule has 1 amide bonds. The van der Waals surface area contributed by atoms with Gasteiger partial charge < -0.3 is 30.5 Å². The lowest BCUT2D eigenvalue weighted by Gasteiger charge is -2.37. The van der Waals surface area contributed by atoms with Gasteiger partial charge in [0.05, 0.1) is 29.0 Å². The monoisotopic (exact) mass is 575 g/mol. The molecule has 5 rings (SSSR count). The number of rotatable bonds is 11. The van der Waals surface area contributed by atoms with E-state index in [9.17, 15) is 25.2 Å². The highest BCUT2D eigenvalue weighted by Gasteiger charge is 2.46. The van der Waals surface area contributed by atoms with Crippen molar-refractivity contribution in [1.82, 2.24) is 35.2 Å². The number of hydrogen-bond donors (Lipinski definition) is 5. The number of hydrogen-bond acceptors (Lipinski definition) is 11. The highest BCUT2D eigenvalue weighted by Crippen LogP contribution is 2.20. The number of pyridine rings is 2. The summed E-state index contributed by atoms with van der Waals surface area (Å²) < 4.78 is 6.66. The van der Waals surface area contributed by atoms with Crippen molar-refractivity contribution in [3.63, 3.8) is 0 Å². The van der Waals surface area contributed by atoms with Crippen LogP contribution in [0, 0.1) is 0 Å². The number of aromatic nitrogens is 5. The van der Waals surface area contributed by atoms with Gasteiger partial charge in [0.25, 0.3) is 5.91 Å². The van der Waals surface area contributed by atoms with E-state index >= 15 is 0 Å². The number of amides is 1. The molecule has 1 saturated heterocycles. The van der Waals surface area contributed by atoms with Crippen LogP contribution in [0.1, 0.15) is 22.6 Å². The fraction of sp³-hybridized carbons (Fsp3) is 0.345. The van der Waals surface area contributed by atoms with E-state index in [1.54, 1.807) is 17.1 Å². The highest BCUT2D eigenvalue weighted by atomic mass is 16.6. The van der Waals surface area contributed by atoms with Crippen LogP contribution in [0.25, 0.3) is 5.69 Å². The summed E-state index contributed by atoms with van der Waals surface area (Å²) in [4.78, 5) is 23.5. The first-order chi connectivity index (χ1) is 20.4. The van der Waals surface area contributed by atoms with Crippen LogP contribution >= 0.6 is 0 Å². The Morgan fingerprint density at radius 1 is 0.833 bits per heavy atom. The Labute approximate surface area is 242 Å². The van der Waals surface area contributed by atoms with Crippen LogP contribution in [-0.2, 0) is 35.6 Å². The van der Waals surface area contributed by atoms with Gasteiger partial charge in [-0.25, -0.2) is 4.68 Å². The van der Waals surface area contributed by atoms with E-state index in [2.05, 4.69) is 30.5 Å². The minimum absolute atomic E-state index is 0.232. The second-order valence-corrected chi connectivity index (χ2v) is 10.1. The molecule has 0 saturated carbocycles. The number of aliphatic hydroxyl groups is 4. The fourth-order valence-electron chi connectivity index (χ4n) is 4.66. The van der Waals surface area contributed by atoms with Crippen LogP contribution < -0.4 is 5.32 Å². The Hall–Kier alpha value is -4.11. The molecule has 4 heterocycles. The van der Waals surface area contributed by atoms with Crippen molar-refractivity contribution in [2.75, 3.05) is 6.54 Å². The average molecular weight is 576 g/mol. The third kappa shape index (κ3) is 7.39. The van der Waals surface area contributed by atoms with Crippen LogP contribution in [0.5, 0.6) is 0 Å². The van der Waals surface area contributed by atoms with Crippen molar-refractivity contribution < 1.29 is 30.0 Å². The zero-order valence-electron chi connectivity index (χ0n) is 22.7. The third-order valence-electron chi connectivity index (χ3n) is 6.91. The Balaban J connectivity index is 1.16. The quantitative estimate of drug-likeness (QED) is 0.159. The van der Waals surface area contributed by atoms with Gasteiger partial charge in [0.15, 0.2) is 12.4 Å². The van der Waals surface area contributed by atoms with E-state index in [0.29, 0.717) is 26.1 Å². The molecule has 1 aliphatic rings. The number of nitrogens with one attached hydrogen (secondary N) is 1. The summed E-state index contributed by atoms with van der Waals surface area (Å²) in [6.07, 6.45) is -2.39. The van der Waals surface area contributed by atoms with Gasteiger partial charge in [-0.2, -0.15) is 0 Å². The van der Waals surface area contributed by atoms with Crippen molar-refractivity contribution in [1.29, 1.82) is 0 Å². The molecule has 0 unspecified atom stereocenters. The molecule has 0 spiro atoms. The van der Waals surface area contributed by atoms with Gasteiger partial charge in [-0.05, 0) is 48.4 Å².